The lowest BCUT2D eigenvalue weighted by Crippen LogP contribution is -2.25. The molecule has 3 nitrogen and oxygen atoms in total. The highest BCUT2D eigenvalue weighted by molar-refractivity contribution is 9.10. The molecule has 0 atom stereocenters. The van der Waals surface area contributed by atoms with Crippen molar-refractivity contribution in [1.82, 2.24) is 15.3 Å². The molecule has 0 spiro atoms. The van der Waals surface area contributed by atoms with Crippen LogP contribution in [0, 0.1) is 4.64 Å². The van der Waals surface area contributed by atoms with Crippen LogP contribution in [0.5, 0.6) is 0 Å². The van der Waals surface area contributed by atoms with E-state index in [-0.39, 0.29) is 0 Å². The van der Waals surface area contributed by atoms with Crippen LogP contribution in [0.1, 0.15) is 11.3 Å². The molecule has 0 bridgehead atoms. The lowest BCUT2D eigenvalue weighted by atomic mass is 10.1. The van der Waals surface area contributed by atoms with Crippen LogP contribution in [-0.4, -0.2) is 16.5 Å². The van der Waals surface area contributed by atoms with Crippen molar-refractivity contribution in [2.75, 3.05) is 6.54 Å². The largest absolute Gasteiger partial charge is 0.343 e. The van der Waals surface area contributed by atoms with Gasteiger partial charge < -0.3 is 10.3 Å². The van der Waals surface area contributed by atoms with Crippen LogP contribution in [-0.2, 0) is 13.0 Å². The van der Waals surface area contributed by atoms with E-state index in [1.165, 1.54) is 5.69 Å². The van der Waals surface area contributed by atoms with Crippen molar-refractivity contribution in [3.05, 3.63) is 43.6 Å². The molecule has 2 N–H and O–H groups in total. The first-order valence-corrected chi connectivity index (χ1v) is 7.51. The molecule has 2 heterocycles. The Hall–Kier alpha value is -0.750. The zero-order valence-corrected chi connectivity index (χ0v) is 13.1. The predicted molar refractivity (Wildman–Crippen MR) is 83.0 cm³/mol. The standard InChI is InChI=1S/C13H11BrClN3S/c14-9-5-7(1-2-10(9)15)12-17-11-3-4-16-6-8(11)13(19)18-12/h1-2,5,16H,3-4,6H2,(H,17,18,19). The highest BCUT2D eigenvalue weighted by Gasteiger charge is 2.13. The first-order valence-electron chi connectivity index (χ1n) is 5.93. The highest BCUT2D eigenvalue weighted by atomic mass is 79.9. The third-order valence-electron chi connectivity index (χ3n) is 3.15. The van der Waals surface area contributed by atoms with Gasteiger partial charge in [0.1, 0.15) is 10.5 Å². The van der Waals surface area contributed by atoms with Gasteiger partial charge in [-0.2, -0.15) is 0 Å². The Labute approximate surface area is 129 Å². The molecule has 0 saturated heterocycles. The van der Waals surface area contributed by atoms with Crippen LogP contribution < -0.4 is 5.32 Å². The number of benzene rings is 1. The number of halogens is 2. The summed E-state index contributed by atoms with van der Waals surface area (Å²) < 4.78 is 1.52. The number of aromatic nitrogens is 2. The Morgan fingerprint density at radius 1 is 1.37 bits per heavy atom. The summed E-state index contributed by atoms with van der Waals surface area (Å²) in [4.78, 5) is 7.87. The molecule has 19 heavy (non-hydrogen) atoms. The Morgan fingerprint density at radius 3 is 3.00 bits per heavy atom. The predicted octanol–water partition coefficient (Wildman–Crippen LogP) is 3.87. The third-order valence-corrected chi connectivity index (χ3v) is 4.70. The maximum Gasteiger partial charge on any atom is 0.139 e. The molecule has 3 rings (SSSR count). The van der Waals surface area contributed by atoms with Crippen molar-refractivity contribution in [2.24, 2.45) is 0 Å². The highest BCUT2D eigenvalue weighted by Crippen LogP contribution is 2.28. The first-order chi connectivity index (χ1) is 9.15. The number of aromatic amines is 1. The second kappa shape index (κ2) is 5.32. The van der Waals surface area contributed by atoms with Crippen LogP contribution in [0.25, 0.3) is 11.4 Å². The Kier molecular flexibility index (Phi) is 3.71. The van der Waals surface area contributed by atoms with E-state index in [0.29, 0.717) is 9.66 Å². The fraction of sp³-hybridized carbons (Fsp3) is 0.231. The van der Waals surface area contributed by atoms with Crippen molar-refractivity contribution in [1.29, 1.82) is 0 Å². The summed E-state index contributed by atoms with van der Waals surface area (Å²) >= 11 is 14.8. The van der Waals surface area contributed by atoms with E-state index in [4.69, 9.17) is 23.8 Å². The molecule has 0 aliphatic carbocycles. The first kappa shape index (κ1) is 13.2. The van der Waals surface area contributed by atoms with E-state index in [1.54, 1.807) is 0 Å². The summed E-state index contributed by atoms with van der Waals surface area (Å²) in [6.45, 7) is 1.76. The summed E-state index contributed by atoms with van der Waals surface area (Å²) in [5, 5.41) is 3.99. The van der Waals surface area contributed by atoms with Crippen LogP contribution in [0.3, 0.4) is 0 Å². The Morgan fingerprint density at radius 2 is 2.21 bits per heavy atom. The lowest BCUT2D eigenvalue weighted by molar-refractivity contribution is 0.624. The van der Waals surface area contributed by atoms with E-state index in [1.807, 2.05) is 18.2 Å². The van der Waals surface area contributed by atoms with Gasteiger partial charge in [0.05, 0.1) is 5.02 Å². The summed E-state index contributed by atoms with van der Waals surface area (Å²) in [5.41, 5.74) is 3.27. The molecule has 0 unspecified atom stereocenters. The maximum atomic E-state index is 6.01. The number of H-pyrrole nitrogens is 1. The smallest absolute Gasteiger partial charge is 0.139 e. The molecule has 1 aliphatic rings. The average molecular weight is 357 g/mol. The van der Waals surface area contributed by atoms with Crippen molar-refractivity contribution < 1.29 is 0 Å². The van der Waals surface area contributed by atoms with Crippen molar-refractivity contribution in [2.45, 2.75) is 13.0 Å². The maximum absolute atomic E-state index is 6.01. The number of nitrogens with one attached hydrogen (secondary N) is 2. The van der Waals surface area contributed by atoms with Crippen molar-refractivity contribution >= 4 is 39.7 Å². The molecule has 98 valence electrons. The summed E-state index contributed by atoms with van der Waals surface area (Å²) in [6, 6.07) is 5.73. The number of hydrogen-bond acceptors (Lipinski definition) is 3. The van der Waals surface area contributed by atoms with E-state index in [0.717, 1.165) is 40.9 Å². The van der Waals surface area contributed by atoms with Crippen LogP contribution in [0.2, 0.25) is 5.02 Å². The molecule has 0 fully saturated rings. The molecule has 1 aromatic heterocycles. The molecule has 6 heteroatoms. The zero-order valence-electron chi connectivity index (χ0n) is 9.96. The van der Waals surface area contributed by atoms with Gasteiger partial charge in [0.25, 0.3) is 0 Å². The topological polar surface area (TPSA) is 40.7 Å². The molecular weight excluding hydrogens is 346 g/mol. The molecule has 1 aromatic carbocycles. The van der Waals surface area contributed by atoms with Gasteiger partial charge >= 0.3 is 0 Å². The van der Waals surface area contributed by atoms with Gasteiger partial charge in [0.2, 0.25) is 0 Å². The fourth-order valence-corrected chi connectivity index (χ4v) is 2.93. The van der Waals surface area contributed by atoms with Crippen molar-refractivity contribution in [3.8, 4) is 11.4 Å². The normalized spacial score (nSPS) is 14.2. The van der Waals surface area contributed by atoms with E-state index < -0.39 is 0 Å². The summed E-state index contributed by atoms with van der Waals surface area (Å²) in [6.07, 6.45) is 0.948. The number of fused-ring (bicyclic) bond motifs is 1. The van der Waals surface area contributed by atoms with Gasteiger partial charge in [-0.05, 0) is 34.1 Å². The lowest BCUT2D eigenvalue weighted by Gasteiger charge is -2.17. The van der Waals surface area contributed by atoms with Gasteiger partial charge in [0.15, 0.2) is 0 Å². The number of nitrogens with zero attached hydrogens (tertiary/aromatic N) is 1. The molecular formula is C13H11BrClN3S. The van der Waals surface area contributed by atoms with Gasteiger partial charge in [-0.15, -0.1) is 0 Å². The monoisotopic (exact) mass is 355 g/mol. The Balaban J connectivity index is 2.12. The zero-order chi connectivity index (χ0) is 13.4. The van der Waals surface area contributed by atoms with Crippen LogP contribution in [0.15, 0.2) is 22.7 Å². The van der Waals surface area contributed by atoms with E-state index in [9.17, 15) is 0 Å². The fourth-order valence-electron chi connectivity index (χ4n) is 2.15. The molecule has 0 radical (unpaired) electrons. The summed E-state index contributed by atoms with van der Waals surface area (Å²) in [5.74, 6) is 0.794. The third kappa shape index (κ3) is 2.60. The van der Waals surface area contributed by atoms with Crippen LogP contribution in [0.4, 0.5) is 0 Å². The molecule has 0 saturated carbocycles. The quantitative estimate of drug-likeness (QED) is 0.762. The number of rotatable bonds is 1. The minimum absolute atomic E-state index is 0.669. The average Bonchev–Trinajstić information content (AvgIpc) is 2.42. The van der Waals surface area contributed by atoms with Gasteiger partial charge in [-0.1, -0.05) is 23.8 Å². The van der Waals surface area contributed by atoms with E-state index >= 15 is 0 Å². The van der Waals surface area contributed by atoms with E-state index in [2.05, 4.69) is 31.2 Å². The minimum Gasteiger partial charge on any atom is -0.343 e. The van der Waals surface area contributed by atoms with Gasteiger partial charge in [-0.3, -0.25) is 0 Å². The molecule has 2 aromatic rings. The van der Waals surface area contributed by atoms with Crippen LogP contribution >= 0.6 is 39.7 Å². The molecule has 0 amide bonds. The number of hydrogen-bond donors (Lipinski definition) is 2. The minimum atomic E-state index is 0.669. The second-order valence-electron chi connectivity index (χ2n) is 4.40. The van der Waals surface area contributed by atoms with Gasteiger partial charge in [-0.25, -0.2) is 4.98 Å². The van der Waals surface area contributed by atoms with Gasteiger partial charge in [0, 0.05) is 40.8 Å². The SMILES string of the molecule is S=c1nc(-c2ccc(Cl)c(Br)c2)[nH]c2c1CNCC2. The Bertz CT molecular complexity index is 699. The second-order valence-corrected chi connectivity index (χ2v) is 6.05. The summed E-state index contributed by atoms with van der Waals surface area (Å²) in [7, 11) is 0. The molecule has 1 aliphatic heterocycles. The van der Waals surface area contributed by atoms with Crippen molar-refractivity contribution in [3.63, 3.8) is 0 Å².